The first kappa shape index (κ1) is 26.3. The summed E-state index contributed by atoms with van der Waals surface area (Å²) in [6.45, 7) is 1.79. The number of carbonyl (C=O) groups excluding carboxylic acids is 2. The van der Waals surface area contributed by atoms with Gasteiger partial charge < -0.3 is 10.1 Å². The molecule has 202 valence electrons. The van der Waals surface area contributed by atoms with Gasteiger partial charge in [-0.15, -0.1) is 0 Å². The minimum Gasteiger partial charge on any atom is -0.452 e. The zero-order valence-electron chi connectivity index (χ0n) is 22.0. The first-order valence-electron chi connectivity index (χ1n) is 13.9. The van der Waals surface area contributed by atoms with Gasteiger partial charge in [0.25, 0.3) is 5.91 Å². The standard InChI is InChI=1S/C32H32Cl2N2O3/c1-18(25-15-19-12-13-20(25)14-19)35-28(37)17-39-32(38)29-23-8-2-3-11-27(23)36-31-22(7-4-9-24(29)31)16-21-6-5-10-26(33)30(21)34/h2-3,5-6,8,10-11,16,18-20,25H,4,7,9,12-15,17H2,1H3,(H,35,37)/b22-16-. The van der Waals surface area contributed by atoms with Gasteiger partial charge in [0.15, 0.2) is 6.61 Å². The van der Waals surface area contributed by atoms with E-state index in [1.807, 2.05) is 42.5 Å². The van der Waals surface area contributed by atoms with Crippen LogP contribution in [0.5, 0.6) is 0 Å². The fourth-order valence-electron chi connectivity index (χ4n) is 7.04. The van der Waals surface area contributed by atoms with E-state index in [1.54, 1.807) is 6.07 Å². The molecule has 4 atom stereocenters. The van der Waals surface area contributed by atoms with Crippen molar-refractivity contribution in [3.63, 3.8) is 0 Å². The number of nitrogens with one attached hydrogen (secondary N) is 1. The van der Waals surface area contributed by atoms with Gasteiger partial charge in [0.1, 0.15) is 0 Å². The number of amides is 1. The third kappa shape index (κ3) is 5.19. The second kappa shape index (κ2) is 10.9. The molecule has 0 aliphatic heterocycles. The Hall–Kier alpha value is -2.89. The lowest BCUT2D eigenvalue weighted by molar-refractivity contribution is -0.125. The monoisotopic (exact) mass is 562 g/mol. The van der Waals surface area contributed by atoms with E-state index in [2.05, 4.69) is 12.2 Å². The average Bonchev–Trinajstić information content (AvgIpc) is 3.57. The Morgan fingerprint density at radius 2 is 1.95 bits per heavy atom. The zero-order valence-corrected chi connectivity index (χ0v) is 23.5. The summed E-state index contributed by atoms with van der Waals surface area (Å²) in [4.78, 5) is 31.3. The largest absolute Gasteiger partial charge is 0.452 e. The van der Waals surface area contributed by atoms with Crippen LogP contribution in [0.2, 0.25) is 10.0 Å². The van der Waals surface area contributed by atoms with E-state index in [4.69, 9.17) is 32.9 Å². The summed E-state index contributed by atoms with van der Waals surface area (Å²) in [7, 11) is 0. The highest BCUT2D eigenvalue weighted by Gasteiger charge is 2.42. The first-order valence-corrected chi connectivity index (χ1v) is 14.7. The quantitative estimate of drug-likeness (QED) is 0.315. The molecule has 2 fully saturated rings. The number of esters is 1. The van der Waals surface area contributed by atoms with Gasteiger partial charge in [0.05, 0.1) is 26.8 Å². The molecule has 0 radical (unpaired) electrons. The number of carbonyl (C=O) groups is 2. The molecule has 2 saturated carbocycles. The van der Waals surface area contributed by atoms with E-state index < -0.39 is 5.97 Å². The lowest BCUT2D eigenvalue weighted by Crippen LogP contribution is -2.42. The van der Waals surface area contributed by atoms with Crippen LogP contribution in [-0.4, -0.2) is 29.5 Å². The zero-order chi connectivity index (χ0) is 27.1. The molecule has 1 aromatic heterocycles. The van der Waals surface area contributed by atoms with Crippen molar-refractivity contribution in [1.82, 2.24) is 10.3 Å². The number of benzene rings is 2. The number of para-hydroxylation sites is 1. The van der Waals surface area contributed by atoms with E-state index in [0.29, 0.717) is 39.4 Å². The van der Waals surface area contributed by atoms with E-state index in [1.165, 1.54) is 25.7 Å². The maximum Gasteiger partial charge on any atom is 0.339 e. The average molecular weight is 564 g/mol. The van der Waals surface area contributed by atoms with Crippen LogP contribution in [0.4, 0.5) is 0 Å². The van der Waals surface area contributed by atoms with Gasteiger partial charge in [-0.25, -0.2) is 9.78 Å². The van der Waals surface area contributed by atoms with Crippen molar-refractivity contribution in [3.8, 4) is 0 Å². The molecule has 7 heteroatoms. The molecule has 1 amide bonds. The highest BCUT2D eigenvalue weighted by molar-refractivity contribution is 6.43. The molecule has 0 saturated heterocycles. The molecule has 3 aromatic rings. The van der Waals surface area contributed by atoms with Crippen molar-refractivity contribution >= 4 is 57.6 Å². The maximum absolute atomic E-state index is 13.6. The lowest BCUT2D eigenvalue weighted by Gasteiger charge is -2.28. The molecule has 39 heavy (non-hydrogen) atoms. The maximum atomic E-state index is 13.6. The Morgan fingerprint density at radius 3 is 2.74 bits per heavy atom. The summed E-state index contributed by atoms with van der Waals surface area (Å²) >= 11 is 12.7. The van der Waals surface area contributed by atoms with Crippen molar-refractivity contribution in [2.45, 2.75) is 57.9 Å². The number of ether oxygens (including phenoxy) is 1. The van der Waals surface area contributed by atoms with E-state index in [9.17, 15) is 9.59 Å². The van der Waals surface area contributed by atoms with Gasteiger partial charge in [-0.05, 0) is 98.1 Å². The van der Waals surface area contributed by atoms with E-state index in [-0.39, 0.29) is 18.6 Å². The van der Waals surface area contributed by atoms with Gasteiger partial charge in [0.2, 0.25) is 0 Å². The number of hydrogen-bond donors (Lipinski definition) is 1. The Morgan fingerprint density at radius 1 is 1.10 bits per heavy atom. The predicted molar refractivity (Wildman–Crippen MR) is 156 cm³/mol. The molecule has 2 bridgehead atoms. The van der Waals surface area contributed by atoms with Crippen molar-refractivity contribution < 1.29 is 14.3 Å². The van der Waals surface area contributed by atoms with Crippen LogP contribution < -0.4 is 5.32 Å². The van der Waals surface area contributed by atoms with Crippen LogP contribution in [0.1, 0.15) is 72.6 Å². The third-order valence-electron chi connectivity index (χ3n) is 8.84. The van der Waals surface area contributed by atoms with Gasteiger partial charge in [-0.1, -0.05) is 60.0 Å². The lowest BCUT2D eigenvalue weighted by atomic mass is 9.84. The van der Waals surface area contributed by atoms with Crippen molar-refractivity contribution in [1.29, 1.82) is 0 Å². The number of hydrogen-bond acceptors (Lipinski definition) is 4. The van der Waals surface area contributed by atoms with Gasteiger partial charge in [-0.2, -0.15) is 0 Å². The van der Waals surface area contributed by atoms with Gasteiger partial charge in [0, 0.05) is 11.4 Å². The summed E-state index contributed by atoms with van der Waals surface area (Å²) < 4.78 is 5.64. The van der Waals surface area contributed by atoms with Crippen LogP contribution in [0.25, 0.3) is 22.6 Å². The van der Waals surface area contributed by atoms with Crippen molar-refractivity contribution in [2.75, 3.05) is 6.61 Å². The second-order valence-corrected chi connectivity index (χ2v) is 12.1. The van der Waals surface area contributed by atoms with Crippen LogP contribution in [0.3, 0.4) is 0 Å². The summed E-state index contributed by atoms with van der Waals surface area (Å²) in [6, 6.07) is 13.2. The number of fused-ring (bicyclic) bond motifs is 4. The minimum atomic E-state index is -0.491. The third-order valence-corrected chi connectivity index (χ3v) is 9.68. The number of allylic oxidation sites excluding steroid dienone is 1. The SMILES string of the molecule is CC(NC(=O)COC(=O)c1c2c(nc3ccccc13)/C(=C\c1cccc(Cl)c1Cl)CCC2)C1CC2CCC1C2. The van der Waals surface area contributed by atoms with Crippen LogP contribution in [0.15, 0.2) is 42.5 Å². The molecular weight excluding hydrogens is 531 g/mol. The molecule has 0 spiro atoms. The van der Waals surface area contributed by atoms with Crippen LogP contribution in [0, 0.1) is 17.8 Å². The highest BCUT2D eigenvalue weighted by atomic mass is 35.5. The summed E-state index contributed by atoms with van der Waals surface area (Å²) in [6.07, 6.45) is 9.45. The predicted octanol–water partition coefficient (Wildman–Crippen LogP) is 7.52. The van der Waals surface area contributed by atoms with Crippen molar-refractivity contribution in [3.05, 3.63) is 74.9 Å². The fourth-order valence-corrected chi connectivity index (χ4v) is 7.40. The topological polar surface area (TPSA) is 68.3 Å². The fraction of sp³-hybridized carbons (Fsp3) is 0.406. The minimum absolute atomic E-state index is 0.0898. The molecule has 6 rings (SSSR count). The number of pyridine rings is 1. The van der Waals surface area contributed by atoms with Gasteiger partial charge >= 0.3 is 5.97 Å². The normalized spacial score (nSPS) is 23.6. The molecule has 1 heterocycles. The number of aromatic nitrogens is 1. The molecule has 2 aromatic carbocycles. The van der Waals surface area contributed by atoms with Crippen LogP contribution >= 0.6 is 23.2 Å². The Balaban J connectivity index is 1.26. The molecule has 5 nitrogen and oxygen atoms in total. The first-order chi connectivity index (χ1) is 18.9. The second-order valence-electron chi connectivity index (χ2n) is 11.3. The molecule has 3 aliphatic rings. The van der Waals surface area contributed by atoms with Crippen LogP contribution in [-0.2, 0) is 16.0 Å². The molecule has 4 unspecified atom stereocenters. The van der Waals surface area contributed by atoms with E-state index >= 15 is 0 Å². The van der Waals surface area contributed by atoms with Crippen molar-refractivity contribution in [2.24, 2.45) is 17.8 Å². The summed E-state index contributed by atoms with van der Waals surface area (Å²) in [5, 5.41) is 4.81. The summed E-state index contributed by atoms with van der Waals surface area (Å²) in [5.74, 6) is 1.32. The van der Waals surface area contributed by atoms with Gasteiger partial charge in [-0.3, -0.25) is 4.79 Å². The Bertz CT molecular complexity index is 1480. The number of nitrogens with zero attached hydrogens (tertiary/aromatic N) is 1. The number of halogens is 2. The van der Waals surface area contributed by atoms with E-state index in [0.717, 1.165) is 46.5 Å². The molecule has 3 aliphatic carbocycles. The highest BCUT2D eigenvalue weighted by Crippen LogP contribution is 2.49. The smallest absolute Gasteiger partial charge is 0.339 e. The summed E-state index contributed by atoms with van der Waals surface area (Å²) in [5.41, 5.74) is 4.64. The molecular formula is C32H32Cl2N2O3. The Kier molecular flexibility index (Phi) is 7.39. The number of rotatable bonds is 6. The molecule has 1 N–H and O–H groups in total. The Labute approximate surface area is 238 Å².